The third-order valence-corrected chi connectivity index (χ3v) is 2.30. The Bertz CT molecular complexity index is 542. The number of hydrogen-bond donors (Lipinski definition) is 0. The van der Waals surface area contributed by atoms with Crippen molar-refractivity contribution >= 4 is 17.3 Å². The van der Waals surface area contributed by atoms with Gasteiger partial charge < -0.3 is 4.74 Å². The van der Waals surface area contributed by atoms with Gasteiger partial charge in [-0.25, -0.2) is 4.98 Å². The minimum atomic E-state index is -0.464. The van der Waals surface area contributed by atoms with Crippen molar-refractivity contribution in [2.75, 3.05) is 0 Å². The largest absolute Gasteiger partial charge is 0.487 e. The van der Waals surface area contributed by atoms with Crippen molar-refractivity contribution in [1.82, 2.24) is 9.97 Å². The Kier molecular flexibility index (Phi) is 3.69. The highest BCUT2D eigenvalue weighted by Gasteiger charge is 2.04. The van der Waals surface area contributed by atoms with Gasteiger partial charge >= 0.3 is 0 Å². The van der Waals surface area contributed by atoms with Crippen LogP contribution in [0.5, 0.6) is 5.75 Å². The SMILES string of the molecule is O=[N+]([O-])c1ccc(OCc2cnc(Cl)cn2)cc1. The summed E-state index contributed by atoms with van der Waals surface area (Å²) in [5, 5.41) is 10.8. The maximum absolute atomic E-state index is 10.5. The van der Waals surface area contributed by atoms with E-state index in [9.17, 15) is 10.1 Å². The van der Waals surface area contributed by atoms with Crippen molar-refractivity contribution < 1.29 is 9.66 Å². The second kappa shape index (κ2) is 5.42. The smallest absolute Gasteiger partial charge is 0.269 e. The number of non-ortho nitro benzene ring substituents is 1. The van der Waals surface area contributed by atoms with E-state index >= 15 is 0 Å². The molecule has 0 bridgehead atoms. The summed E-state index contributed by atoms with van der Waals surface area (Å²) >= 11 is 5.60. The fourth-order valence-electron chi connectivity index (χ4n) is 1.23. The van der Waals surface area contributed by atoms with Gasteiger partial charge in [0.1, 0.15) is 17.5 Å². The summed E-state index contributed by atoms with van der Waals surface area (Å²) in [4.78, 5) is 17.9. The molecule has 0 fully saturated rings. The Morgan fingerprint density at radius 3 is 2.50 bits per heavy atom. The van der Waals surface area contributed by atoms with Crippen molar-refractivity contribution in [3.8, 4) is 5.75 Å². The minimum Gasteiger partial charge on any atom is -0.487 e. The van der Waals surface area contributed by atoms with Crippen LogP contribution in [0.1, 0.15) is 5.69 Å². The Hall–Kier alpha value is -2.21. The van der Waals surface area contributed by atoms with Crippen molar-refractivity contribution in [1.29, 1.82) is 0 Å². The van der Waals surface area contributed by atoms with Gasteiger partial charge in [-0.3, -0.25) is 15.1 Å². The second-order valence-electron chi connectivity index (χ2n) is 3.37. The van der Waals surface area contributed by atoms with E-state index in [-0.39, 0.29) is 12.3 Å². The van der Waals surface area contributed by atoms with Crippen LogP contribution in [0.4, 0.5) is 5.69 Å². The first kappa shape index (κ1) is 12.3. The molecule has 92 valence electrons. The number of hydrogen-bond acceptors (Lipinski definition) is 5. The van der Waals surface area contributed by atoms with E-state index < -0.39 is 4.92 Å². The Morgan fingerprint density at radius 2 is 1.94 bits per heavy atom. The minimum absolute atomic E-state index is 0.0219. The van der Waals surface area contributed by atoms with Gasteiger partial charge in [0.2, 0.25) is 0 Å². The molecule has 0 spiro atoms. The first-order chi connectivity index (χ1) is 8.65. The van der Waals surface area contributed by atoms with Crippen LogP contribution in [0.25, 0.3) is 0 Å². The molecule has 1 aromatic heterocycles. The van der Waals surface area contributed by atoms with Crippen LogP contribution >= 0.6 is 11.6 Å². The lowest BCUT2D eigenvalue weighted by Crippen LogP contribution is -1.99. The maximum atomic E-state index is 10.5. The molecule has 0 atom stereocenters. The highest BCUT2D eigenvalue weighted by molar-refractivity contribution is 6.29. The van der Waals surface area contributed by atoms with Gasteiger partial charge in [0.25, 0.3) is 5.69 Å². The number of halogens is 1. The average molecular weight is 266 g/mol. The summed E-state index contributed by atoms with van der Waals surface area (Å²) in [5.74, 6) is 0.525. The molecule has 0 saturated heterocycles. The molecule has 2 aromatic rings. The Morgan fingerprint density at radius 1 is 1.22 bits per heavy atom. The molecule has 0 aliphatic carbocycles. The standard InChI is InChI=1S/C11H8ClN3O3/c12-11-6-13-8(5-14-11)7-18-10-3-1-9(2-4-10)15(16)17/h1-6H,7H2. The fourth-order valence-corrected chi connectivity index (χ4v) is 1.33. The van der Waals surface area contributed by atoms with Crippen LogP contribution < -0.4 is 4.74 Å². The molecule has 0 aliphatic heterocycles. The average Bonchev–Trinajstić information content (AvgIpc) is 2.38. The maximum Gasteiger partial charge on any atom is 0.269 e. The molecule has 0 N–H and O–H groups in total. The van der Waals surface area contributed by atoms with E-state index in [0.717, 1.165) is 0 Å². The summed E-state index contributed by atoms with van der Waals surface area (Å²) in [5.41, 5.74) is 0.645. The van der Waals surface area contributed by atoms with E-state index in [4.69, 9.17) is 16.3 Å². The van der Waals surface area contributed by atoms with Gasteiger partial charge in [0.05, 0.1) is 23.0 Å². The molecule has 2 rings (SSSR count). The molecule has 1 aromatic carbocycles. The molecule has 0 unspecified atom stereocenters. The predicted molar refractivity (Wildman–Crippen MR) is 64.5 cm³/mol. The summed E-state index contributed by atoms with van der Waals surface area (Å²) in [6.07, 6.45) is 2.93. The molecule has 18 heavy (non-hydrogen) atoms. The van der Waals surface area contributed by atoms with Crippen molar-refractivity contribution in [2.45, 2.75) is 6.61 Å². The zero-order chi connectivity index (χ0) is 13.0. The monoisotopic (exact) mass is 265 g/mol. The molecule has 0 amide bonds. The highest BCUT2D eigenvalue weighted by Crippen LogP contribution is 2.18. The molecule has 0 aliphatic rings. The van der Waals surface area contributed by atoms with Gasteiger partial charge in [-0.15, -0.1) is 0 Å². The van der Waals surface area contributed by atoms with Crippen LogP contribution in [0.2, 0.25) is 5.15 Å². The van der Waals surface area contributed by atoms with E-state index in [0.29, 0.717) is 16.6 Å². The Labute approximate surface area is 107 Å². The number of benzene rings is 1. The summed E-state index contributed by atoms with van der Waals surface area (Å²) < 4.78 is 5.40. The molecule has 6 nitrogen and oxygen atoms in total. The number of nitro groups is 1. The summed E-state index contributed by atoms with van der Waals surface area (Å²) in [6, 6.07) is 5.81. The number of nitro benzene ring substituents is 1. The second-order valence-corrected chi connectivity index (χ2v) is 3.76. The number of rotatable bonds is 4. The van der Waals surface area contributed by atoms with Gasteiger partial charge in [-0.05, 0) is 12.1 Å². The van der Waals surface area contributed by atoms with Crippen LogP contribution in [0.15, 0.2) is 36.7 Å². The lowest BCUT2D eigenvalue weighted by molar-refractivity contribution is -0.384. The lowest BCUT2D eigenvalue weighted by atomic mass is 10.3. The third kappa shape index (κ3) is 3.14. The van der Waals surface area contributed by atoms with Gasteiger partial charge in [0.15, 0.2) is 0 Å². The van der Waals surface area contributed by atoms with Gasteiger partial charge in [-0.1, -0.05) is 11.6 Å². The summed E-state index contributed by atoms with van der Waals surface area (Å²) in [6.45, 7) is 0.224. The molecule has 0 saturated carbocycles. The van der Waals surface area contributed by atoms with Crippen molar-refractivity contribution in [3.05, 3.63) is 57.6 Å². The van der Waals surface area contributed by atoms with E-state index in [1.807, 2.05) is 0 Å². The normalized spacial score (nSPS) is 10.1. The number of ether oxygens (including phenoxy) is 1. The molecule has 7 heteroatoms. The quantitative estimate of drug-likeness (QED) is 0.627. The van der Waals surface area contributed by atoms with E-state index in [2.05, 4.69) is 9.97 Å². The molecule has 1 heterocycles. The number of nitrogens with zero attached hydrogens (tertiary/aromatic N) is 3. The Balaban J connectivity index is 1.97. The fraction of sp³-hybridized carbons (Fsp3) is 0.0909. The highest BCUT2D eigenvalue weighted by atomic mass is 35.5. The first-order valence-electron chi connectivity index (χ1n) is 4.99. The van der Waals surface area contributed by atoms with Gasteiger partial charge in [-0.2, -0.15) is 0 Å². The third-order valence-electron chi connectivity index (χ3n) is 2.11. The van der Waals surface area contributed by atoms with Gasteiger partial charge in [0, 0.05) is 12.1 Å². The lowest BCUT2D eigenvalue weighted by Gasteiger charge is -2.04. The molecular weight excluding hydrogens is 258 g/mol. The predicted octanol–water partition coefficient (Wildman–Crippen LogP) is 2.62. The molecule has 0 radical (unpaired) electrons. The number of aromatic nitrogens is 2. The van der Waals surface area contributed by atoms with Crippen molar-refractivity contribution in [3.63, 3.8) is 0 Å². The molecular formula is C11H8ClN3O3. The topological polar surface area (TPSA) is 78.2 Å². The van der Waals surface area contributed by atoms with Crippen LogP contribution in [-0.4, -0.2) is 14.9 Å². The van der Waals surface area contributed by atoms with Crippen LogP contribution in [0.3, 0.4) is 0 Å². The summed E-state index contributed by atoms with van der Waals surface area (Å²) in [7, 11) is 0. The van der Waals surface area contributed by atoms with E-state index in [1.54, 1.807) is 0 Å². The van der Waals surface area contributed by atoms with E-state index in [1.165, 1.54) is 36.7 Å². The van der Waals surface area contributed by atoms with Crippen LogP contribution in [-0.2, 0) is 6.61 Å². The van der Waals surface area contributed by atoms with Crippen molar-refractivity contribution in [2.24, 2.45) is 0 Å². The zero-order valence-corrected chi connectivity index (χ0v) is 9.87. The first-order valence-corrected chi connectivity index (χ1v) is 5.36. The zero-order valence-electron chi connectivity index (χ0n) is 9.12. The van der Waals surface area contributed by atoms with Crippen LogP contribution in [0, 0.1) is 10.1 Å².